The average Bonchev–Trinajstić information content (AvgIpc) is 2.55. The van der Waals surface area contributed by atoms with Gasteiger partial charge in [-0.2, -0.15) is 0 Å². The molecule has 1 rings (SSSR count). The number of guanidine groups is 1. The second kappa shape index (κ2) is 11.7. The molecule has 5 nitrogen and oxygen atoms in total. The van der Waals surface area contributed by atoms with Crippen molar-refractivity contribution in [3.05, 3.63) is 0 Å². The molecule has 0 unspecified atom stereocenters. The van der Waals surface area contributed by atoms with Crippen LogP contribution in [-0.4, -0.2) is 61.3 Å². The van der Waals surface area contributed by atoms with E-state index in [1.165, 1.54) is 32.4 Å². The van der Waals surface area contributed by atoms with Crippen molar-refractivity contribution >= 4 is 5.96 Å². The van der Waals surface area contributed by atoms with Gasteiger partial charge in [-0.05, 0) is 65.1 Å². The van der Waals surface area contributed by atoms with Gasteiger partial charge in [-0.1, -0.05) is 26.7 Å². The molecule has 24 heavy (non-hydrogen) atoms. The highest BCUT2D eigenvalue weighted by Gasteiger charge is 2.24. The van der Waals surface area contributed by atoms with Crippen LogP contribution in [-0.2, 0) is 0 Å². The monoisotopic (exact) mass is 340 g/mol. The van der Waals surface area contributed by atoms with Gasteiger partial charge in [0.1, 0.15) is 0 Å². The topological polar surface area (TPSA) is 59.9 Å². The summed E-state index contributed by atoms with van der Waals surface area (Å²) in [6.07, 6.45) is 7.43. The standard InChI is InChI=1S/C19H40N4O/c1-5-11-19(24,12-6-2)16-22-18(20-7-3)21-13-8-17-9-14-23(4)15-10-17/h17,24H,5-16H2,1-4H3,(H2,20,21,22). The van der Waals surface area contributed by atoms with E-state index in [4.69, 9.17) is 0 Å². The smallest absolute Gasteiger partial charge is 0.191 e. The lowest BCUT2D eigenvalue weighted by molar-refractivity contribution is 0.0306. The lowest BCUT2D eigenvalue weighted by Crippen LogP contribution is -2.41. The van der Waals surface area contributed by atoms with Gasteiger partial charge in [0, 0.05) is 13.1 Å². The van der Waals surface area contributed by atoms with Crippen molar-refractivity contribution in [1.82, 2.24) is 15.5 Å². The fraction of sp³-hybridized carbons (Fsp3) is 0.947. The predicted molar refractivity (Wildman–Crippen MR) is 104 cm³/mol. The van der Waals surface area contributed by atoms with Crippen LogP contribution in [0.4, 0.5) is 0 Å². The van der Waals surface area contributed by atoms with E-state index in [9.17, 15) is 5.11 Å². The Morgan fingerprint density at radius 3 is 2.29 bits per heavy atom. The Kier molecular flexibility index (Phi) is 10.3. The average molecular weight is 341 g/mol. The van der Waals surface area contributed by atoms with Crippen LogP contribution < -0.4 is 10.6 Å². The van der Waals surface area contributed by atoms with Crippen molar-refractivity contribution in [2.24, 2.45) is 10.9 Å². The summed E-state index contributed by atoms with van der Waals surface area (Å²) < 4.78 is 0. The molecule has 0 atom stereocenters. The second-order valence-corrected chi connectivity index (χ2v) is 7.38. The van der Waals surface area contributed by atoms with Gasteiger partial charge in [0.2, 0.25) is 0 Å². The Morgan fingerprint density at radius 2 is 1.75 bits per heavy atom. The van der Waals surface area contributed by atoms with Gasteiger partial charge in [-0.25, -0.2) is 0 Å². The third-order valence-corrected chi connectivity index (χ3v) is 4.99. The van der Waals surface area contributed by atoms with Crippen molar-refractivity contribution in [2.45, 2.75) is 71.3 Å². The number of nitrogens with one attached hydrogen (secondary N) is 2. The molecule has 1 fully saturated rings. The maximum Gasteiger partial charge on any atom is 0.191 e. The molecule has 0 spiro atoms. The number of piperidine rings is 1. The van der Waals surface area contributed by atoms with Crippen LogP contribution in [0.15, 0.2) is 4.99 Å². The summed E-state index contributed by atoms with van der Waals surface area (Å²) in [5, 5.41) is 17.5. The van der Waals surface area contributed by atoms with Gasteiger partial charge in [0.15, 0.2) is 5.96 Å². The highest BCUT2D eigenvalue weighted by Crippen LogP contribution is 2.20. The Bertz CT molecular complexity index is 345. The zero-order valence-electron chi connectivity index (χ0n) is 16.4. The Hall–Kier alpha value is -0.810. The summed E-state index contributed by atoms with van der Waals surface area (Å²) in [7, 11) is 2.21. The molecule has 0 radical (unpaired) electrons. The lowest BCUT2D eigenvalue weighted by Gasteiger charge is -2.29. The number of hydrogen-bond donors (Lipinski definition) is 3. The van der Waals surface area contributed by atoms with Crippen LogP contribution >= 0.6 is 0 Å². The summed E-state index contributed by atoms with van der Waals surface area (Å²) >= 11 is 0. The quantitative estimate of drug-likeness (QED) is 0.423. The summed E-state index contributed by atoms with van der Waals surface area (Å²) in [6, 6.07) is 0. The van der Waals surface area contributed by atoms with E-state index >= 15 is 0 Å². The lowest BCUT2D eigenvalue weighted by atomic mass is 9.93. The van der Waals surface area contributed by atoms with Crippen molar-refractivity contribution in [3.63, 3.8) is 0 Å². The van der Waals surface area contributed by atoms with E-state index in [2.05, 4.69) is 48.3 Å². The number of hydrogen-bond acceptors (Lipinski definition) is 3. The van der Waals surface area contributed by atoms with Crippen molar-refractivity contribution in [1.29, 1.82) is 0 Å². The number of rotatable bonds is 10. The van der Waals surface area contributed by atoms with Crippen LogP contribution in [0.3, 0.4) is 0 Å². The van der Waals surface area contributed by atoms with Crippen LogP contribution in [0.25, 0.3) is 0 Å². The summed E-state index contributed by atoms with van der Waals surface area (Å²) in [5.74, 6) is 1.67. The van der Waals surface area contributed by atoms with Gasteiger partial charge in [-0.3, -0.25) is 4.99 Å². The molecule has 0 saturated carbocycles. The normalized spacial score (nSPS) is 18.0. The van der Waals surface area contributed by atoms with Crippen LogP contribution in [0.1, 0.15) is 65.7 Å². The molecule has 0 aromatic carbocycles. The predicted octanol–water partition coefficient (Wildman–Crippen LogP) is 2.60. The maximum absolute atomic E-state index is 10.7. The van der Waals surface area contributed by atoms with Gasteiger partial charge in [0.05, 0.1) is 12.1 Å². The first kappa shape index (κ1) is 21.2. The Labute approximate surface area is 149 Å². The van der Waals surface area contributed by atoms with Gasteiger partial charge < -0.3 is 20.6 Å². The molecule has 5 heteroatoms. The molecule has 0 aromatic rings. The Balaban J connectivity index is 2.43. The van der Waals surface area contributed by atoms with Crippen LogP contribution in [0.2, 0.25) is 0 Å². The number of aliphatic hydroxyl groups is 1. The number of likely N-dealkylation sites (tertiary alicyclic amines) is 1. The van der Waals surface area contributed by atoms with Crippen molar-refractivity contribution in [3.8, 4) is 0 Å². The fourth-order valence-electron chi connectivity index (χ4n) is 3.53. The van der Waals surface area contributed by atoms with Gasteiger partial charge >= 0.3 is 0 Å². The molecule has 0 bridgehead atoms. The second-order valence-electron chi connectivity index (χ2n) is 7.38. The molecule has 0 aromatic heterocycles. The summed E-state index contributed by atoms with van der Waals surface area (Å²) in [4.78, 5) is 7.07. The molecule has 0 aliphatic carbocycles. The first-order valence-electron chi connectivity index (χ1n) is 9.96. The van der Waals surface area contributed by atoms with Crippen molar-refractivity contribution < 1.29 is 5.11 Å². The molecule has 1 aliphatic rings. The number of nitrogens with zero attached hydrogens (tertiary/aromatic N) is 2. The van der Waals surface area contributed by atoms with Gasteiger partial charge in [-0.15, -0.1) is 0 Å². The van der Waals surface area contributed by atoms with E-state index in [1.54, 1.807) is 0 Å². The first-order valence-corrected chi connectivity index (χ1v) is 9.96. The number of aliphatic imine (C=N–C) groups is 1. The highest BCUT2D eigenvalue weighted by molar-refractivity contribution is 5.79. The zero-order chi connectivity index (χ0) is 17.8. The van der Waals surface area contributed by atoms with E-state index in [0.29, 0.717) is 6.54 Å². The highest BCUT2D eigenvalue weighted by atomic mass is 16.3. The Morgan fingerprint density at radius 1 is 1.12 bits per heavy atom. The summed E-state index contributed by atoms with van der Waals surface area (Å²) in [6.45, 7) is 11.1. The maximum atomic E-state index is 10.7. The SMILES string of the molecule is CCCC(O)(CCC)CN=C(NCC)NCCC1CCN(C)CC1. The van der Waals surface area contributed by atoms with Crippen LogP contribution in [0, 0.1) is 5.92 Å². The molecule has 1 saturated heterocycles. The van der Waals surface area contributed by atoms with E-state index in [1.807, 2.05) is 0 Å². The van der Waals surface area contributed by atoms with Crippen LogP contribution in [0.5, 0.6) is 0 Å². The molecule has 3 N–H and O–H groups in total. The first-order chi connectivity index (χ1) is 11.5. The van der Waals surface area contributed by atoms with E-state index in [-0.39, 0.29) is 0 Å². The molecular formula is C19H40N4O. The minimum Gasteiger partial charge on any atom is -0.388 e. The molecule has 0 amide bonds. The summed E-state index contributed by atoms with van der Waals surface area (Å²) in [5.41, 5.74) is -0.653. The largest absolute Gasteiger partial charge is 0.388 e. The minimum absolute atomic E-state index is 0.484. The van der Waals surface area contributed by atoms with Gasteiger partial charge in [0.25, 0.3) is 0 Å². The van der Waals surface area contributed by atoms with Crippen molar-refractivity contribution in [2.75, 3.05) is 39.8 Å². The third kappa shape index (κ3) is 8.34. The molecular weight excluding hydrogens is 300 g/mol. The van der Waals surface area contributed by atoms with E-state index < -0.39 is 5.60 Å². The van der Waals surface area contributed by atoms with E-state index in [0.717, 1.165) is 50.7 Å². The fourth-order valence-corrected chi connectivity index (χ4v) is 3.53. The third-order valence-electron chi connectivity index (χ3n) is 4.99. The molecule has 1 heterocycles. The zero-order valence-corrected chi connectivity index (χ0v) is 16.4. The minimum atomic E-state index is -0.653. The molecule has 1 aliphatic heterocycles. The molecule has 142 valence electrons.